The molecule has 0 bridgehead atoms. The van der Waals surface area contributed by atoms with E-state index in [4.69, 9.17) is 9.47 Å². The molecule has 1 N–H and O–H groups in total. The number of carbonyl (C=O) groups is 1. The molecule has 0 fully saturated rings. The van der Waals surface area contributed by atoms with Gasteiger partial charge in [0.15, 0.2) is 11.5 Å². The normalized spacial score (nSPS) is 17.9. The number of hydrogen-bond donors (Lipinski definition) is 1. The van der Waals surface area contributed by atoms with Gasteiger partial charge >= 0.3 is 0 Å². The molecule has 1 aliphatic heterocycles. The van der Waals surface area contributed by atoms with Crippen molar-refractivity contribution in [2.45, 2.75) is 25.8 Å². The molecule has 0 saturated carbocycles. The second-order valence-electron chi connectivity index (χ2n) is 4.08. The van der Waals surface area contributed by atoms with Crippen LogP contribution in [0.1, 0.15) is 18.9 Å². The van der Waals surface area contributed by atoms with Crippen molar-refractivity contribution in [2.75, 3.05) is 13.7 Å². The summed E-state index contributed by atoms with van der Waals surface area (Å²) in [5, 5.41) is 2.94. The fourth-order valence-electron chi connectivity index (χ4n) is 1.98. The minimum atomic E-state index is 0.0575. The second kappa shape index (κ2) is 5.08. The SMILES string of the molecule is CCC(=O)N[C@H]1COc2c(cccc2OC)C1. The van der Waals surface area contributed by atoms with Crippen LogP contribution in [0.15, 0.2) is 18.2 Å². The number of methoxy groups -OCH3 is 1. The van der Waals surface area contributed by atoms with Crippen molar-refractivity contribution in [1.29, 1.82) is 0 Å². The molecule has 4 nitrogen and oxygen atoms in total. The van der Waals surface area contributed by atoms with Crippen LogP contribution in [0.25, 0.3) is 0 Å². The number of hydrogen-bond acceptors (Lipinski definition) is 3. The van der Waals surface area contributed by atoms with Gasteiger partial charge in [-0.25, -0.2) is 0 Å². The zero-order chi connectivity index (χ0) is 12.3. The van der Waals surface area contributed by atoms with Gasteiger partial charge in [-0.05, 0) is 12.5 Å². The largest absolute Gasteiger partial charge is 0.493 e. The number of benzene rings is 1. The zero-order valence-corrected chi connectivity index (χ0v) is 10.2. The van der Waals surface area contributed by atoms with E-state index in [1.54, 1.807) is 7.11 Å². The standard InChI is InChI=1S/C13H17NO3/c1-3-12(15)14-10-7-9-5-4-6-11(16-2)13(9)17-8-10/h4-6,10H,3,7-8H2,1-2H3,(H,14,15)/t10-/m1/s1. The van der Waals surface area contributed by atoms with Gasteiger partial charge in [0.25, 0.3) is 0 Å². The van der Waals surface area contributed by atoms with Crippen molar-refractivity contribution in [3.8, 4) is 11.5 Å². The molecule has 17 heavy (non-hydrogen) atoms. The first-order chi connectivity index (χ1) is 8.24. The molecule has 1 aromatic carbocycles. The number of para-hydroxylation sites is 1. The number of nitrogens with one attached hydrogen (secondary N) is 1. The maximum absolute atomic E-state index is 11.3. The first-order valence-electron chi connectivity index (χ1n) is 5.82. The van der Waals surface area contributed by atoms with Gasteiger partial charge < -0.3 is 14.8 Å². The molecular formula is C13H17NO3. The summed E-state index contributed by atoms with van der Waals surface area (Å²) in [6.07, 6.45) is 1.29. The highest BCUT2D eigenvalue weighted by molar-refractivity contribution is 5.76. The van der Waals surface area contributed by atoms with E-state index in [9.17, 15) is 4.79 Å². The Balaban J connectivity index is 2.11. The Morgan fingerprint density at radius 1 is 1.59 bits per heavy atom. The third kappa shape index (κ3) is 2.52. The number of fused-ring (bicyclic) bond motifs is 1. The second-order valence-corrected chi connectivity index (χ2v) is 4.08. The topological polar surface area (TPSA) is 47.6 Å². The third-order valence-corrected chi connectivity index (χ3v) is 2.86. The molecule has 0 radical (unpaired) electrons. The van der Waals surface area contributed by atoms with Gasteiger partial charge in [-0.1, -0.05) is 19.1 Å². The summed E-state index contributed by atoms with van der Waals surface area (Å²) >= 11 is 0. The van der Waals surface area contributed by atoms with E-state index >= 15 is 0 Å². The first kappa shape index (κ1) is 11.8. The van der Waals surface area contributed by atoms with Crippen LogP contribution >= 0.6 is 0 Å². The van der Waals surface area contributed by atoms with Crippen molar-refractivity contribution >= 4 is 5.91 Å². The highest BCUT2D eigenvalue weighted by Crippen LogP contribution is 2.34. The van der Waals surface area contributed by atoms with Gasteiger partial charge in [0.1, 0.15) is 6.61 Å². The molecule has 1 amide bonds. The van der Waals surface area contributed by atoms with Gasteiger partial charge in [-0.3, -0.25) is 4.79 Å². The van der Waals surface area contributed by atoms with Gasteiger partial charge in [0, 0.05) is 12.0 Å². The van der Waals surface area contributed by atoms with E-state index in [-0.39, 0.29) is 11.9 Å². The Hall–Kier alpha value is -1.71. The minimum Gasteiger partial charge on any atom is -0.493 e. The molecule has 0 aromatic heterocycles. The lowest BCUT2D eigenvalue weighted by Gasteiger charge is -2.27. The van der Waals surface area contributed by atoms with E-state index in [0.29, 0.717) is 13.0 Å². The van der Waals surface area contributed by atoms with Crippen molar-refractivity contribution < 1.29 is 14.3 Å². The number of rotatable bonds is 3. The lowest BCUT2D eigenvalue weighted by molar-refractivity contribution is -0.121. The fourth-order valence-corrected chi connectivity index (χ4v) is 1.98. The highest BCUT2D eigenvalue weighted by atomic mass is 16.5. The van der Waals surface area contributed by atoms with Gasteiger partial charge in [-0.2, -0.15) is 0 Å². The summed E-state index contributed by atoms with van der Waals surface area (Å²) < 4.78 is 10.9. The zero-order valence-electron chi connectivity index (χ0n) is 10.2. The summed E-state index contributed by atoms with van der Waals surface area (Å²) in [4.78, 5) is 11.3. The molecule has 1 heterocycles. The summed E-state index contributed by atoms with van der Waals surface area (Å²) in [5.41, 5.74) is 1.08. The summed E-state index contributed by atoms with van der Waals surface area (Å²) in [6, 6.07) is 5.87. The quantitative estimate of drug-likeness (QED) is 0.864. The molecule has 4 heteroatoms. The Labute approximate surface area is 101 Å². The van der Waals surface area contributed by atoms with E-state index in [1.165, 1.54) is 0 Å². The average Bonchev–Trinajstić information content (AvgIpc) is 2.37. The smallest absolute Gasteiger partial charge is 0.220 e. The molecule has 92 valence electrons. The molecular weight excluding hydrogens is 218 g/mol. The Bertz CT molecular complexity index is 417. The average molecular weight is 235 g/mol. The maximum atomic E-state index is 11.3. The first-order valence-corrected chi connectivity index (χ1v) is 5.82. The van der Waals surface area contributed by atoms with Gasteiger partial charge in [0.05, 0.1) is 13.2 Å². The number of amides is 1. The fraction of sp³-hybridized carbons (Fsp3) is 0.462. The van der Waals surface area contributed by atoms with Crippen molar-refractivity contribution in [3.05, 3.63) is 23.8 Å². The molecule has 0 unspecified atom stereocenters. The lowest BCUT2D eigenvalue weighted by Crippen LogP contribution is -2.42. The van der Waals surface area contributed by atoms with Crippen LogP contribution < -0.4 is 14.8 Å². The van der Waals surface area contributed by atoms with Crippen molar-refractivity contribution in [1.82, 2.24) is 5.32 Å². The number of carbonyl (C=O) groups excluding carboxylic acids is 1. The molecule has 1 aliphatic rings. The van der Waals surface area contributed by atoms with E-state index < -0.39 is 0 Å². The van der Waals surface area contributed by atoms with Gasteiger partial charge in [-0.15, -0.1) is 0 Å². The molecule has 0 spiro atoms. The lowest BCUT2D eigenvalue weighted by atomic mass is 10.0. The van der Waals surface area contributed by atoms with Crippen LogP contribution in [0, 0.1) is 0 Å². The van der Waals surface area contributed by atoms with Crippen LogP contribution in [0.5, 0.6) is 11.5 Å². The molecule has 1 atom stereocenters. The summed E-state index contributed by atoms with van der Waals surface area (Å²) in [6.45, 7) is 2.34. The van der Waals surface area contributed by atoms with E-state index in [0.717, 1.165) is 23.5 Å². The Morgan fingerprint density at radius 2 is 2.41 bits per heavy atom. The highest BCUT2D eigenvalue weighted by Gasteiger charge is 2.23. The maximum Gasteiger partial charge on any atom is 0.220 e. The Morgan fingerprint density at radius 3 is 3.12 bits per heavy atom. The predicted molar refractivity (Wildman–Crippen MR) is 64.4 cm³/mol. The van der Waals surface area contributed by atoms with Crippen LogP contribution in [0.4, 0.5) is 0 Å². The predicted octanol–water partition coefficient (Wildman–Crippen LogP) is 1.52. The molecule has 2 rings (SSSR count). The van der Waals surface area contributed by atoms with E-state index in [2.05, 4.69) is 5.32 Å². The third-order valence-electron chi connectivity index (χ3n) is 2.86. The van der Waals surface area contributed by atoms with Crippen LogP contribution in [0.2, 0.25) is 0 Å². The Kier molecular flexibility index (Phi) is 3.52. The van der Waals surface area contributed by atoms with Crippen LogP contribution in [-0.2, 0) is 11.2 Å². The molecule has 0 saturated heterocycles. The van der Waals surface area contributed by atoms with Crippen LogP contribution in [-0.4, -0.2) is 25.7 Å². The monoisotopic (exact) mass is 235 g/mol. The van der Waals surface area contributed by atoms with Gasteiger partial charge in [0.2, 0.25) is 5.91 Å². The number of ether oxygens (including phenoxy) is 2. The van der Waals surface area contributed by atoms with E-state index in [1.807, 2.05) is 25.1 Å². The molecule has 0 aliphatic carbocycles. The van der Waals surface area contributed by atoms with Crippen molar-refractivity contribution in [2.24, 2.45) is 0 Å². The molecule has 1 aromatic rings. The minimum absolute atomic E-state index is 0.0575. The van der Waals surface area contributed by atoms with Crippen LogP contribution in [0.3, 0.4) is 0 Å². The van der Waals surface area contributed by atoms with Crippen molar-refractivity contribution in [3.63, 3.8) is 0 Å². The summed E-state index contributed by atoms with van der Waals surface area (Å²) in [5.74, 6) is 1.62. The summed E-state index contributed by atoms with van der Waals surface area (Å²) in [7, 11) is 1.63.